The van der Waals surface area contributed by atoms with Crippen molar-refractivity contribution < 1.29 is 33.3 Å². The van der Waals surface area contributed by atoms with Gasteiger partial charge >= 0.3 is 12.1 Å². The second-order valence-corrected chi connectivity index (χ2v) is 10.8. The molecule has 0 spiro atoms. The van der Waals surface area contributed by atoms with Gasteiger partial charge in [0, 0.05) is 30.8 Å². The molecule has 1 aliphatic heterocycles. The van der Waals surface area contributed by atoms with Crippen LogP contribution in [0.1, 0.15) is 40.5 Å². The number of hydrogen-bond acceptors (Lipinski definition) is 8. The fourth-order valence-electron chi connectivity index (χ4n) is 4.41. The van der Waals surface area contributed by atoms with Crippen molar-refractivity contribution in [2.45, 2.75) is 57.8 Å². The van der Waals surface area contributed by atoms with E-state index in [1.807, 2.05) is 0 Å². The van der Waals surface area contributed by atoms with E-state index in [0.29, 0.717) is 34.6 Å². The average Bonchev–Trinajstić information content (AvgIpc) is 2.85. The van der Waals surface area contributed by atoms with Crippen LogP contribution in [-0.2, 0) is 9.53 Å². The highest BCUT2D eigenvalue weighted by molar-refractivity contribution is 6.31. The zero-order valence-electron chi connectivity index (χ0n) is 22.2. The van der Waals surface area contributed by atoms with Gasteiger partial charge in [-0.1, -0.05) is 17.7 Å². The second kappa shape index (κ2) is 10.7. The van der Waals surface area contributed by atoms with Gasteiger partial charge in [0.05, 0.1) is 23.3 Å². The van der Waals surface area contributed by atoms with Crippen LogP contribution in [-0.4, -0.2) is 62.9 Å². The molecule has 2 heterocycles. The van der Waals surface area contributed by atoms with E-state index < -0.39 is 35.1 Å². The Morgan fingerprint density at radius 3 is 2.64 bits per heavy atom. The molecule has 1 fully saturated rings. The molecule has 208 valence electrons. The summed E-state index contributed by atoms with van der Waals surface area (Å²) in [6, 6.07) is 7.88. The van der Waals surface area contributed by atoms with E-state index >= 15 is 0 Å². The predicted molar refractivity (Wildman–Crippen MR) is 143 cm³/mol. The summed E-state index contributed by atoms with van der Waals surface area (Å²) in [5.41, 5.74) is -1.69. The monoisotopic (exact) mass is 560 g/mol. The minimum Gasteiger partial charge on any atom is -0.493 e. The standard InChI is InChI=1S/C27H30ClFN4O6/c1-26(2,3)39-25(36)33-10-9-15(13-27(33,4)24(34)35)38-21-11-16-19(12-20(21)37-5)30-14-31-23(16)32-18-8-6-7-17(28)22(18)29/h6-8,11-12,14-15H,9-10,13H2,1-5H3,(H,34,35)(H,30,31,32)/t15-,27-/m1/s1. The number of likely N-dealkylation sites (tertiary alicyclic amines) is 1. The Labute approximate surface area is 230 Å². The van der Waals surface area contributed by atoms with Gasteiger partial charge in [-0.15, -0.1) is 0 Å². The number of anilines is 2. The fraction of sp³-hybridized carbons (Fsp3) is 0.407. The molecule has 1 aromatic heterocycles. The largest absolute Gasteiger partial charge is 0.493 e. The van der Waals surface area contributed by atoms with Gasteiger partial charge in [0.25, 0.3) is 0 Å². The summed E-state index contributed by atoms with van der Waals surface area (Å²) in [6.45, 7) is 6.75. The lowest BCUT2D eigenvalue weighted by Gasteiger charge is -2.44. The lowest BCUT2D eigenvalue weighted by atomic mass is 9.87. The van der Waals surface area contributed by atoms with Gasteiger partial charge in [0.2, 0.25) is 0 Å². The molecular formula is C27H30ClFN4O6. The molecule has 2 N–H and O–H groups in total. The number of halogens is 2. The number of hydrogen-bond donors (Lipinski definition) is 2. The number of amides is 1. The van der Waals surface area contributed by atoms with E-state index in [9.17, 15) is 19.1 Å². The highest BCUT2D eigenvalue weighted by atomic mass is 35.5. The molecule has 1 amide bonds. The van der Waals surface area contributed by atoms with E-state index in [2.05, 4.69) is 15.3 Å². The summed E-state index contributed by atoms with van der Waals surface area (Å²) < 4.78 is 31.8. The average molecular weight is 561 g/mol. The Kier molecular flexibility index (Phi) is 7.74. The molecule has 2 atom stereocenters. The van der Waals surface area contributed by atoms with Gasteiger partial charge in [0.15, 0.2) is 17.3 Å². The van der Waals surface area contributed by atoms with E-state index in [1.54, 1.807) is 39.0 Å². The number of nitrogens with zero attached hydrogens (tertiary/aromatic N) is 3. The quantitative estimate of drug-likeness (QED) is 0.385. The number of benzene rings is 2. The number of nitrogens with one attached hydrogen (secondary N) is 1. The van der Waals surface area contributed by atoms with Crippen LogP contribution in [0.25, 0.3) is 10.9 Å². The van der Waals surface area contributed by atoms with Crippen molar-refractivity contribution in [1.82, 2.24) is 14.9 Å². The number of ether oxygens (including phenoxy) is 3. The SMILES string of the molecule is COc1cc2ncnc(Nc3cccc(Cl)c3F)c2cc1O[C@@H]1CCN(C(=O)OC(C)(C)C)[C@@](C)(C(=O)O)C1. The van der Waals surface area contributed by atoms with Crippen molar-refractivity contribution in [3.63, 3.8) is 0 Å². The minimum absolute atomic E-state index is 0.00684. The van der Waals surface area contributed by atoms with E-state index in [-0.39, 0.29) is 23.7 Å². The van der Waals surface area contributed by atoms with Crippen LogP contribution in [0.3, 0.4) is 0 Å². The van der Waals surface area contributed by atoms with Crippen molar-refractivity contribution in [3.8, 4) is 11.5 Å². The lowest BCUT2D eigenvalue weighted by molar-refractivity contribution is -0.154. The molecule has 0 radical (unpaired) electrons. The fourth-order valence-corrected chi connectivity index (χ4v) is 4.59. The van der Waals surface area contributed by atoms with Gasteiger partial charge in [0.1, 0.15) is 29.4 Å². The third-order valence-electron chi connectivity index (χ3n) is 6.39. The summed E-state index contributed by atoms with van der Waals surface area (Å²) in [5.74, 6) is -0.800. The van der Waals surface area contributed by atoms with Gasteiger partial charge in [-0.05, 0) is 45.9 Å². The predicted octanol–water partition coefficient (Wildman–Crippen LogP) is 5.80. The van der Waals surface area contributed by atoms with Gasteiger partial charge < -0.3 is 24.6 Å². The first-order chi connectivity index (χ1) is 18.3. The van der Waals surface area contributed by atoms with Crippen molar-refractivity contribution >= 4 is 46.1 Å². The molecule has 1 saturated heterocycles. The van der Waals surface area contributed by atoms with E-state index in [4.69, 9.17) is 25.8 Å². The van der Waals surface area contributed by atoms with Gasteiger partial charge in [-0.25, -0.2) is 23.9 Å². The summed E-state index contributed by atoms with van der Waals surface area (Å²) in [7, 11) is 1.47. The molecule has 4 rings (SSSR count). The highest BCUT2D eigenvalue weighted by Crippen LogP contribution is 2.39. The Morgan fingerprint density at radius 2 is 1.97 bits per heavy atom. The third-order valence-corrected chi connectivity index (χ3v) is 6.68. The number of aliphatic carboxylic acids is 1. The van der Waals surface area contributed by atoms with Crippen molar-refractivity contribution in [3.05, 3.63) is 47.5 Å². The van der Waals surface area contributed by atoms with Crippen LogP contribution in [0.4, 0.5) is 20.7 Å². The molecular weight excluding hydrogens is 531 g/mol. The Hall–Kier alpha value is -3.86. The Balaban J connectivity index is 1.64. The number of fused-ring (bicyclic) bond motifs is 1. The normalized spacial score (nSPS) is 19.5. The maximum absolute atomic E-state index is 14.5. The molecule has 0 aliphatic carbocycles. The molecule has 0 bridgehead atoms. The number of carboxylic acids is 1. The lowest BCUT2D eigenvalue weighted by Crippen LogP contribution is -2.61. The maximum atomic E-state index is 14.5. The zero-order chi connectivity index (χ0) is 28.5. The van der Waals surface area contributed by atoms with Crippen molar-refractivity contribution in [1.29, 1.82) is 0 Å². The summed E-state index contributed by atoms with van der Waals surface area (Å²) in [6.07, 6.45) is 0.427. The molecule has 2 aromatic carbocycles. The van der Waals surface area contributed by atoms with Crippen molar-refractivity contribution in [2.75, 3.05) is 19.0 Å². The number of aromatic nitrogens is 2. The first-order valence-electron chi connectivity index (χ1n) is 12.3. The molecule has 39 heavy (non-hydrogen) atoms. The number of carboxylic acid groups (broad SMARTS) is 1. The van der Waals surface area contributed by atoms with Crippen LogP contribution in [0.15, 0.2) is 36.7 Å². The zero-order valence-corrected chi connectivity index (χ0v) is 23.0. The first kappa shape index (κ1) is 28.2. The molecule has 1 aliphatic rings. The highest BCUT2D eigenvalue weighted by Gasteiger charge is 2.49. The van der Waals surface area contributed by atoms with Gasteiger partial charge in [-0.2, -0.15) is 0 Å². The summed E-state index contributed by atoms with van der Waals surface area (Å²) >= 11 is 5.92. The third kappa shape index (κ3) is 5.93. The molecule has 0 saturated carbocycles. The second-order valence-electron chi connectivity index (χ2n) is 10.4. The van der Waals surface area contributed by atoms with Crippen LogP contribution in [0.2, 0.25) is 5.02 Å². The number of rotatable bonds is 6. The van der Waals surface area contributed by atoms with Crippen LogP contribution >= 0.6 is 11.6 Å². The number of piperidine rings is 1. The maximum Gasteiger partial charge on any atom is 0.411 e. The summed E-state index contributed by atoms with van der Waals surface area (Å²) in [5, 5.41) is 13.5. The van der Waals surface area contributed by atoms with E-state index in [0.717, 1.165) is 0 Å². The minimum atomic E-state index is -1.56. The number of carbonyl (C=O) groups excluding carboxylic acids is 1. The molecule has 10 nitrogen and oxygen atoms in total. The molecule has 12 heteroatoms. The molecule has 0 unspecified atom stereocenters. The summed E-state index contributed by atoms with van der Waals surface area (Å²) in [4.78, 5) is 34.9. The molecule has 3 aromatic rings. The van der Waals surface area contributed by atoms with Gasteiger partial charge in [-0.3, -0.25) is 4.90 Å². The van der Waals surface area contributed by atoms with Crippen molar-refractivity contribution in [2.24, 2.45) is 0 Å². The van der Waals surface area contributed by atoms with Crippen LogP contribution in [0.5, 0.6) is 11.5 Å². The first-order valence-corrected chi connectivity index (χ1v) is 12.6. The number of carbonyl (C=O) groups is 2. The topological polar surface area (TPSA) is 123 Å². The Bertz CT molecular complexity index is 1420. The van der Waals surface area contributed by atoms with Crippen LogP contribution in [0, 0.1) is 5.82 Å². The van der Waals surface area contributed by atoms with Crippen LogP contribution < -0.4 is 14.8 Å². The smallest absolute Gasteiger partial charge is 0.411 e. The Morgan fingerprint density at radius 1 is 1.23 bits per heavy atom. The van der Waals surface area contributed by atoms with E-state index in [1.165, 1.54) is 37.4 Å². The number of methoxy groups -OCH3 is 1.